The molecule has 0 fully saturated rings. The molecule has 0 radical (unpaired) electrons. The molecule has 0 aliphatic carbocycles. The van der Waals surface area contributed by atoms with E-state index in [1.165, 1.54) is 0 Å². The number of hydrogen-bond acceptors (Lipinski definition) is 4. The first-order chi connectivity index (χ1) is 9.72. The number of hydrogen-bond donors (Lipinski definition) is 2. The zero-order valence-corrected chi connectivity index (χ0v) is 11.1. The van der Waals surface area contributed by atoms with Gasteiger partial charge in [0.2, 0.25) is 11.7 Å². The first-order valence-electron chi connectivity index (χ1n) is 6.24. The third kappa shape index (κ3) is 3.39. The average Bonchev–Trinajstić information content (AvgIpc) is 2.94. The third-order valence-electron chi connectivity index (χ3n) is 2.87. The van der Waals surface area contributed by atoms with Crippen LogP contribution < -0.4 is 10.6 Å². The summed E-state index contributed by atoms with van der Waals surface area (Å²) in [6, 6.07) is 12.9. The summed E-state index contributed by atoms with van der Waals surface area (Å²) in [5, 5.41) is 14.5. The van der Waals surface area contributed by atoms with Gasteiger partial charge in [0.15, 0.2) is 0 Å². The molecule has 1 amide bonds. The summed E-state index contributed by atoms with van der Waals surface area (Å²) in [4.78, 5) is 11.5. The molecule has 102 valence electrons. The molecule has 2 N–H and O–H groups in total. The highest BCUT2D eigenvalue weighted by Crippen LogP contribution is 2.17. The first kappa shape index (κ1) is 13.7. The molecule has 0 saturated carbocycles. The van der Waals surface area contributed by atoms with Gasteiger partial charge in [-0.3, -0.25) is 4.79 Å². The van der Waals surface area contributed by atoms with Crippen LogP contribution in [0.4, 0.5) is 5.69 Å². The number of nitrogens with one attached hydrogen (secondary N) is 2. The number of amides is 1. The number of nitriles is 1. The topological polar surface area (TPSA) is 78.1 Å². The molecule has 0 atom stereocenters. The van der Waals surface area contributed by atoms with Gasteiger partial charge < -0.3 is 15.1 Å². The first-order valence-corrected chi connectivity index (χ1v) is 6.24. The van der Waals surface area contributed by atoms with E-state index >= 15 is 0 Å². The quantitative estimate of drug-likeness (QED) is 0.870. The van der Waals surface area contributed by atoms with Gasteiger partial charge in [-0.1, -0.05) is 18.2 Å². The van der Waals surface area contributed by atoms with E-state index in [0.29, 0.717) is 24.5 Å². The Morgan fingerprint density at radius 1 is 1.30 bits per heavy atom. The Bertz CT molecular complexity index is 641. The Morgan fingerprint density at radius 3 is 2.80 bits per heavy atom. The molecule has 1 aromatic carbocycles. The monoisotopic (exact) mass is 269 g/mol. The number of carbonyl (C=O) groups is 1. The van der Waals surface area contributed by atoms with Crippen LogP contribution in [-0.2, 0) is 17.8 Å². The molecule has 0 saturated heterocycles. The van der Waals surface area contributed by atoms with Gasteiger partial charge in [0.25, 0.3) is 0 Å². The van der Waals surface area contributed by atoms with Gasteiger partial charge in [0.1, 0.15) is 11.8 Å². The second-order valence-electron chi connectivity index (χ2n) is 4.24. The molecule has 2 rings (SSSR count). The largest absolute Gasteiger partial charge is 0.449 e. The van der Waals surface area contributed by atoms with Crippen LogP contribution in [0.15, 0.2) is 40.8 Å². The molecule has 0 bridgehead atoms. The van der Waals surface area contributed by atoms with Crippen molar-refractivity contribution in [2.75, 3.05) is 12.4 Å². The fraction of sp³-hybridized carbons (Fsp3) is 0.200. The number of para-hydroxylation sites is 1. The van der Waals surface area contributed by atoms with Crippen molar-refractivity contribution in [2.45, 2.75) is 13.0 Å². The van der Waals surface area contributed by atoms with Gasteiger partial charge in [-0.2, -0.15) is 5.26 Å². The highest BCUT2D eigenvalue weighted by molar-refractivity contribution is 5.80. The smallest absolute Gasteiger partial charge is 0.224 e. The van der Waals surface area contributed by atoms with Crippen molar-refractivity contribution in [1.82, 2.24) is 5.32 Å². The summed E-state index contributed by atoms with van der Waals surface area (Å²) < 4.78 is 5.29. The van der Waals surface area contributed by atoms with Gasteiger partial charge >= 0.3 is 0 Å². The van der Waals surface area contributed by atoms with Crippen LogP contribution in [0.3, 0.4) is 0 Å². The van der Waals surface area contributed by atoms with Crippen molar-refractivity contribution in [3.63, 3.8) is 0 Å². The zero-order chi connectivity index (χ0) is 14.4. The van der Waals surface area contributed by atoms with Crippen LogP contribution in [0.5, 0.6) is 0 Å². The number of rotatable bonds is 5. The maximum atomic E-state index is 11.5. The lowest BCUT2D eigenvalue weighted by Gasteiger charge is -2.10. The second-order valence-corrected chi connectivity index (χ2v) is 4.24. The van der Waals surface area contributed by atoms with Crippen LogP contribution in [0.2, 0.25) is 0 Å². The second kappa shape index (κ2) is 6.43. The van der Waals surface area contributed by atoms with Gasteiger partial charge in [-0.25, -0.2) is 0 Å². The molecule has 5 nitrogen and oxygen atoms in total. The minimum atomic E-state index is -0.0379. The van der Waals surface area contributed by atoms with Gasteiger partial charge in [-0.05, 0) is 23.8 Å². The summed E-state index contributed by atoms with van der Waals surface area (Å²) >= 11 is 0. The number of carbonyl (C=O) groups excluding carboxylic acids is 1. The average molecular weight is 269 g/mol. The van der Waals surface area contributed by atoms with Gasteiger partial charge in [0, 0.05) is 12.7 Å². The van der Waals surface area contributed by atoms with Crippen LogP contribution in [0.1, 0.15) is 17.1 Å². The van der Waals surface area contributed by atoms with Crippen LogP contribution in [0, 0.1) is 11.3 Å². The SMILES string of the molecule is CNC(=O)Cc1ccccc1NCc1ccc(C#N)o1. The molecular formula is C15H15N3O2. The maximum Gasteiger partial charge on any atom is 0.224 e. The summed E-state index contributed by atoms with van der Waals surface area (Å²) in [5.41, 5.74) is 1.80. The lowest BCUT2D eigenvalue weighted by atomic mass is 10.1. The molecule has 0 aliphatic rings. The van der Waals surface area contributed by atoms with Gasteiger partial charge in [-0.15, -0.1) is 0 Å². The molecule has 5 heteroatoms. The standard InChI is InChI=1S/C15H15N3O2/c1-17-15(19)8-11-4-2-3-5-14(11)18-10-13-7-6-12(9-16)20-13/h2-7,18H,8,10H2,1H3,(H,17,19). The number of likely N-dealkylation sites (N-methyl/N-ethyl adjacent to an activating group) is 1. The summed E-state index contributed by atoms with van der Waals surface area (Å²) in [6.07, 6.45) is 0.321. The minimum absolute atomic E-state index is 0.0379. The van der Waals surface area contributed by atoms with E-state index in [1.54, 1.807) is 19.2 Å². The van der Waals surface area contributed by atoms with Crippen LogP contribution in [-0.4, -0.2) is 13.0 Å². The van der Waals surface area contributed by atoms with E-state index in [4.69, 9.17) is 9.68 Å². The fourth-order valence-corrected chi connectivity index (χ4v) is 1.82. The van der Waals surface area contributed by atoms with Crippen molar-refractivity contribution in [3.8, 4) is 6.07 Å². The maximum absolute atomic E-state index is 11.5. The highest BCUT2D eigenvalue weighted by atomic mass is 16.3. The lowest BCUT2D eigenvalue weighted by Crippen LogP contribution is -2.20. The fourth-order valence-electron chi connectivity index (χ4n) is 1.82. The Kier molecular flexibility index (Phi) is 4.40. The number of benzene rings is 1. The molecule has 0 spiro atoms. The van der Waals surface area contributed by atoms with Crippen molar-refractivity contribution >= 4 is 11.6 Å². The highest BCUT2D eigenvalue weighted by Gasteiger charge is 2.07. The van der Waals surface area contributed by atoms with Crippen molar-refractivity contribution < 1.29 is 9.21 Å². The minimum Gasteiger partial charge on any atom is -0.449 e. The van der Waals surface area contributed by atoms with E-state index in [9.17, 15) is 4.79 Å². The Balaban J connectivity index is 2.05. The molecule has 0 unspecified atom stereocenters. The lowest BCUT2D eigenvalue weighted by molar-refractivity contribution is -0.119. The summed E-state index contributed by atoms with van der Waals surface area (Å²) in [6.45, 7) is 0.465. The van der Waals surface area contributed by atoms with Crippen LogP contribution in [0.25, 0.3) is 0 Å². The number of nitrogens with zero attached hydrogens (tertiary/aromatic N) is 1. The molecule has 0 aliphatic heterocycles. The van der Waals surface area contributed by atoms with E-state index in [2.05, 4.69) is 10.6 Å². The molecular weight excluding hydrogens is 254 g/mol. The Hall–Kier alpha value is -2.74. The number of anilines is 1. The summed E-state index contributed by atoms with van der Waals surface area (Å²) in [7, 11) is 1.62. The van der Waals surface area contributed by atoms with E-state index < -0.39 is 0 Å². The van der Waals surface area contributed by atoms with Crippen molar-refractivity contribution in [1.29, 1.82) is 5.26 Å². The van der Waals surface area contributed by atoms with Crippen molar-refractivity contribution in [3.05, 3.63) is 53.5 Å². The van der Waals surface area contributed by atoms with Crippen LogP contribution >= 0.6 is 0 Å². The Morgan fingerprint density at radius 2 is 2.10 bits per heavy atom. The zero-order valence-electron chi connectivity index (χ0n) is 11.1. The van der Waals surface area contributed by atoms with Crippen molar-refractivity contribution in [2.24, 2.45) is 0 Å². The predicted molar refractivity (Wildman–Crippen MR) is 75.0 cm³/mol. The molecule has 20 heavy (non-hydrogen) atoms. The molecule has 1 aromatic heterocycles. The Labute approximate surface area is 117 Å². The summed E-state index contributed by atoms with van der Waals surface area (Å²) in [5.74, 6) is 0.931. The normalized spacial score (nSPS) is 9.80. The van der Waals surface area contributed by atoms with E-state index in [-0.39, 0.29) is 5.91 Å². The molecule has 1 heterocycles. The van der Waals surface area contributed by atoms with E-state index in [1.807, 2.05) is 30.3 Å². The number of furan rings is 1. The van der Waals surface area contributed by atoms with E-state index in [0.717, 1.165) is 11.3 Å². The predicted octanol–water partition coefficient (Wildman–Crippen LogP) is 2.05. The molecule has 2 aromatic rings. The van der Waals surface area contributed by atoms with Gasteiger partial charge in [0.05, 0.1) is 13.0 Å². The third-order valence-corrected chi connectivity index (χ3v) is 2.87.